The molecule has 6 heteroatoms. The highest BCUT2D eigenvalue weighted by molar-refractivity contribution is 7.88. The van der Waals surface area contributed by atoms with Crippen LogP contribution in [0.4, 0.5) is 5.69 Å². The molecule has 0 bridgehead atoms. The van der Waals surface area contributed by atoms with Crippen molar-refractivity contribution < 1.29 is 13.2 Å². The summed E-state index contributed by atoms with van der Waals surface area (Å²) in [6, 6.07) is 8.11. The molecule has 1 aromatic rings. The Labute approximate surface area is 132 Å². The van der Waals surface area contributed by atoms with E-state index in [0.29, 0.717) is 13.1 Å². The number of nitrogens with zero attached hydrogens (tertiary/aromatic N) is 2. The fourth-order valence-corrected chi connectivity index (χ4v) is 4.45. The Morgan fingerprint density at radius 1 is 1.27 bits per heavy atom. The van der Waals surface area contributed by atoms with Crippen LogP contribution in [0.25, 0.3) is 0 Å². The molecule has 1 saturated heterocycles. The largest absolute Gasteiger partial charge is 0.309 e. The van der Waals surface area contributed by atoms with Gasteiger partial charge in [-0.25, -0.2) is 12.7 Å². The molecule has 0 radical (unpaired) electrons. The predicted molar refractivity (Wildman–Crippen MR) is 86.2 cm³/mol. The Morgan fingerprint density at radius 3 is 2.73 bits per heavy atom. The Morgan fingerprint density at radius 2 is 2.00 bits per heavy atom. The first-order valence-corrected chi connectivity index (χ1v) is 9.59. The van der Waals surface area contributed by atoms with Gasteiger partial charge in [0.15, 0.2) is 0 Å². The molecule has 0 aromatic heterocycles. The molecule has 1 amide bonds. The van der Waals surface area contributed by atoms with Crippen LogP contribution < -0.4 is 4.90 Å². The van der Waals surface area contributed by atoms with Gasteiger partial charge in [-0.1, -0.05) is 18.2 Å². The second kappa shape index (κ2) is 5.66. The first-order chi connectivity index (χ1) is 10.4. The van der Waals surface area contributed by atoms with Gasteiger partial charge in [-0.05, 0) is 37.8 Å². The number of hydrogen-bond donors (Lipinski definition) is 0. The number of hydrogen-bond acceptors (Lipinski definition) is 3. The van der Waals surface area contributed by atoms with Gasteiger partial charge in [0, 0.05) is 24.8 Å². The lowest BCUT2D eigenvalue weighted by Crippen LogP contribution is -2.48. The van der Waals surface area contributed by atoms with Crippen LogP contribution in [0.1, 0.15) is 25.3 Å². The van der Waals surface area contributed by atoms with E-state index < -0.39 is 10.0 Å². The Hall–Kier alpha value is -1.40. The molecule has 22 heavy (non-hydrogen) atoms. The van der Waals surface area contributed by atoms with Crippen LogP contribution >= 0.6 is 0 Å². The van der Waals surface area contributed by atoms with Crippen LogP contribution in [0.3, 0.4) is 0 Å². The summed E-state index contributed by atoms with van der Waals surface area (Å²) < 4.78 is 24.9. The van der Waals surface area contributed by atoms with Gasteiger partial charge in [0.05, 0.1) is 12.2 Å². The molecule has 2 heterocycles. The molecular formula is C16H22N2O3S. The van der Waals surface area contributed by atoms with E-state index in [4.69, 9.17) is 0 Å². The molecule has 0 N–H and O–H groups in total. The molecule has 0 unspecified atom stereocenters. The summed E-state index contributed by atoms with van der Waals surface area (Å²) in [5.41, 5.74) is 2.18. The maximum absolute atomic E-state index is 13.0. The lowest BCUT2D eigenvalue weighted by atomic mass is 9.97. The molecule has 2 aliphatic heterocycles. The number of amides is 1. The zero-order valence-electron chi connectivity index (χ0n) is 13.0. The highest BCUT2D eigenvalue weighted by Gasteiger charge is 2.37. The van der Waals surface area contributed by atoms with Gasteiger partial charge in [-0.15, -0.1) is 0 Å². The second-order valence-corrected chi connectivity index (χ2v) is 8.33. The second-order valence-electron chi connectivity index (χ2n) is 6.35. The van der Waals surface area contributed by atoms with Gasteiger partial charge in [0.25, 0.3) is 0 Å². The number of benzene rings is 1. The maximum atomic E-state index is 13.0. The fourth-order valence-electron chi connectivity index (χ4n) is 3.54. The van der Waals surface area contributed by atoms with Crippen molar-refractivity contribution in [2.45, 2.75) is 32.2 Å². The van der Waals surface area contributed by atoms with Crippen LogP contribution in [0, 0.1) is 5.92 Å². The number of sulfonamides is 1. The molecular weight excluding hydrogens is 300 g/mol. The van der Waals surface area contributed by atoms with Crippen LogP contribution in [0.5, 0.6) is 0 Å². The summed E-state index contributed by atoms with van der Waals surface area (Å²) in [7, 11) is -3.23. The summed E-state index contributed by atoms with van der Waals surface area (Å²) in [4.78, 5) is 14.8. The van der Waals surface area contributed by atoms with Crippen molar-refractivity contribution in [1.82, 2.24) is 4.31 Å². The smallest absolute Gasteiger partial charge is 0.231 e. The van der Waals surface area contributed by atoms with Crippen LogP contribution in [0.2, 0.25) is 0 Å². The van der Waals surface area contributed by atoms with Gasteiger partial charge < -0.3 is 4.90 Å². The molecule has 2 aliphatic rings. The van der Waals surface area contributed by atoms with Gasteiger partial charge in [0.1, 0.15) is 0 Å². The van der Waals surface area contributed by atoms with Crippen LogP contribution in [-0.4, -0.2) is 44.0 Å². The number of para-hydroxylation sites is 1. The molecule has 120 valence electrons. The Kier molecular flexibility index (Phi) is 3.99. The van der Waals surface area contributed by atoms with Crippen LogP contribution in [-0.2, 0) is 21.2 Å². The first kappa shape index (κ1) is 15.5. The number of rotatable bonds is 2. The SMILES string of the molecule is C[C@H]1Cc2ccccc2N1C(=O)[C@@H]1CCCN(S(C)(=O)=O)C1. The minimum atomic E-state index is -3.23. The van der Waals surface area contributed by atoms with E-state index in [1.165, 1.54) is 16.1 Å². The van der Waals surface area contributed by atoms with Crippen LogP contribution in [0.15, 0.2) is 24.3 Å². The average Bonchev–Trinajstić information content (AvgIpc) is 2.81. The summed E-state index contributed by atoms with van der Waals surface area (Å²) in [6.07, 6.45) is 3.58. The minimum absolute atomic E-state index is 0.0609. The van der Waals surface area contributed by atoms with Gasteiger partial charge in [0.2, 0.25) is 15.9 Å². The predicted octanol–water partition coefficient (Wildman–Crippen LogP) is 1.64. The van der Waals surface area contributed by atoms with E-state index >= 15 is 0 Å². The standard InChI is InChI=1S/C16H22N2O3S/c1-12-10-13-6-3-4-8-15(13)18(12)16(19)14-7-5-9-17(11-14)22(2,20)21/h3-4,6,8,12,14H,5,7,9-11H2,1-2H3/t12-,14+/m0/s1. The van der Waals surface area contributed by atoms with Crippen molar-refractivity contribution in [2.75, 3.05) is 24.2 Å². The molecule has 3 rings (SSSR count). The number of fused-ring (bicyclic) bond motifs is 1. The van der Waals surface area contributed by atoms with Gasteiger partial charge in [-0.3, -0.25) is 4.79 Å². The number of carbonyl (C=O) groups is 1. The topological polar surface area (TPSA) is 57.7 Å². The molecule has 1 aromatic carbocycles. The molecule has 0 saturated carbocycles. The number of carbonyl (C=O) groups excluding carboxylic acids is 1. The van der Waals surface area contributed by atoms with Gasteiger partial charge >= 0.3 is 0 Å². The summed E-state index contributed by atoms with van der Waals surface area (Å²) in [5.74, 6) is -0.178. The van der Waals surface area contributed by atoms with Gasteiger partial charge in [-0.2, -0.15) is 0 Å². The molecule has 0 spiro atoms. The van der Waals surface area contributed by atoms with E-state index in [-0.39, 0.29) is 17.9 Å². The monoisotopic (exact) mass is 322 g/mol. The third-order valence-electron chi connectivity index (χ3n) is 4.65. The average molecular weight is 322 g/mol. The number of piperidine rings is 1. The van der Waals surface area contributed by atoms with Crippen molar-refractivity contribution in [1.29, 1.82) is 0 Å². The summed E-state index contributed by atoms with van der Waals surface area (Å²) in [6.45, 7) is 2.88. The van der Waals surface area contributed by atoms with Crippen molar-refractivity contribution in [3.63, 3.8) is 0 Å². The number of anilines is 1. The lowest BCUT2D eigenvalue weighted by Gasteiger charge is -2.34. The van der Waals surface area contributed by atoms with E-state index in [1.807, 2.05) is 23.1 Å². The zero-order valence-corrected chi connectivity index (χ0v) is 13.8. The fraction of sp³-hybridized carbons (Fsp3) is 0.562. The third-order valence-corrected chi connectivity index (χ3v) is 5.92. The highest BCUT2D eigenvalue weighted by atomic mass is 32.2. The van der Waals surface area contributed by atoms with E-state index in [0.717, 1.165) is 24.9 Å². The van der Waals surface area contributed by atoms with Crippen molar-refractivity contribution in [3.05, 3.63) is 29.8 Å². The molecule has 0 aliphatic carbocycles. The minimum Gasteiger partial charge on any atom is -0.309 e. The Balaban J connectivity index is 1.82. The van der Waals surface area contributed by atoms with E-state index in [2.05, 4.69) is 13.0 Å². The van der Waals surface area contributed by atoms with Crippen molar-refractivity contribution >= 4 is 21.6 Å². The lowest BCUT2D eigenvalue weighted by molar-refractivity contribution is -0.123. The zero-order chi connectivity index (χ0) is 15.9. The van der Waals surface area contributed by atoms with Crippen molar-refractivity contribution in [2.24, 2.45) is 5.92 Å². The first-order valence-electron chi connectivity index (χ1n) is 7.74. The molecule has 2 atom stereocenters. The Bertz CT molecular complexity index is 686. The summed E-state index contributed by atoms with van der Waals surface area (Å²) in [5, 5.41) is 0. The highest BCUT2D eigenvalue weighted by Crippen LogP contribution is 2.34. The molecule has 1 fully saturated rings. The summed E-state index contributed by atoms with van der Waals surface area (Å²) >= 11 is 0. The van der Waals surface area contributed by atoms with Crippen molar-refractivity contribution in [3.8, 4) is 0 Å². The normalized spacial score (nSPS) is 26.0. The molecule has 5 nitrogen and oxygen atoms in total. The quantitative estimate of drug-likeness (QED) is 0.832. The van der Waals surface area contributed by atoms with E-state index in [9.17, 15) is 13.2 Å². The maximum Gasteiger partial charge on any atom is 0.231 e. The third kappa shape index (κ3) is 2.77. The van der Waals surface area contributed by atoms with E-state index in [1.54, 1.807) is 0 Å².